The third kappa shape index (κ3) is 5.79. The van der Waals surface area contributed by atoms with Crippen molar-refractivity contribution in [3.8, 4) is 0 Å². The molecule has 0 radical (unpaired) electrons. The first-order chi connectivity index (χ1) is 17.6. The van der Waals surface area contributed by atoms with Gasteiger partial charge in [0.05, 0.1) is 10.3 Å². The highest BCUT2D eigenvalue weighted by Crippen LogP contribution is 2.34. The quantitative estimate of drug-likeness (QED) is 0.399. The normalized spacial score (nSPS) is 20.1. The maximum atomic E-state index is 13.0. The van der Waals surface area contributed by atoms with Crippen LogP contribution in [-0.2, 0) is 0 Å². The summed E-state index contributed by atoms with van der Waals surface area (Å²) in [6, 6.07) is 15.6. The smallest absolute Gasteiger partial charge is 0.254 e. The zero-order valence-corrected chi connectivity index (χ0v) is 22.5. The highest BCUT2D eigenvalue weighted by molar-refractivity contribution is 7.13. The predicted molar refractivity (Wildman–Crippen MR) is 149 cm³/mol. The van der Waals surface area contributed by atoms with E-state index in [1.807, 2.05) is 31.9 Å². The van der Waals surface area contributed by atoms with Crippen LogP contribution in [0.4, 0.5) is 5.82 Å². The van der Waals surface area contributed by atoms with Gasteiger partial charge in [-0.05, 0) is 54.4 Å². The Morgan fingerprint density at radius 2 is 1.72 bits per heavy atom. The molecule has 1 aromatic heterocycles. The number of rotatable bonds is 7. The molecule has 2 aliphatic rings. The number of piperazine rings is 1. The Morgan fingerprint density at radius 3 is 2.50 bits per heavy atom. The summed E-state index contributed by atoms with van der Waals surface area (Å²) in [5.74, 6) is 2.20. The lowest BCUT2D eigenvalue weighted by molar-refractivity contribution is 0.0748. The van der Waals surface area contributed by atoms with E-state index in [0.29, 0.717) is 23.0 Å². The largest absolute Gasteiger partial charge is 0.353 e. The van der Waals surface area contributed by atoms with Crippen molar-refractivity contribution >= 4 is 39.6 Å². The summed E-state index contributed by atoms with van der Waals surface area (Å²) in [7, 11) is 1.87. The molecule has 0 spiro atoms. The second-order valence-electron chi connectivity index (χ2n) is 9.63. The lowest BCUT2D eigenvalue weighted by Crippen LogP contribution is -2.48. The lowest BCUT2D eigenvalue weighted by Gasteiger charge is -2.37. The summed E-state index contributed by atoms with van der Waals surface area (Å²) in [4.78, 5) is 31.2. The molecule has 2 aromatic carbocycles. The van der Waals surface area contributed by atoms with Crippen molar-refractivity contribution in [3.05, 3.63) is 59.7 Å². The molecule has 6 nitrogen and oxygen atoms in total. The number of anilines is 1. The van der Waals surface area contributed by atoms with Crippen LogP contribution in [0.2, 0.25) is 0 Å². The van der Waals surface area contributed by atoms with Gasteiger partial charge in [0.2, 0.25) is 0 Å². The number of hydrogen-bond donors (Lipinski definition) is 0. The molecule has 5 rings (SSSR count). The Balaban J connectivity index is 0.00000148. The molecule has 192 valence electrons. The van der Waals surface area contributed by atoms with E-state index in [1.54, 1.807) is 29.7 Å². The van der Waals surface area contributed by atoms with Gasteiger partial charge in [0.15, 0.2) is 6.29 Å². The Hall–Kier alpha value is -2.77. The van der Waals surface area contributed by atoms with Crippen molar-refractivity contribution in [1.29, 1.82) is 0 Å². The monoisotopic (exact) mass is 506 g/mol. The number of carbonyl (C=O) groups is 2. The van der Waals surface area contributed by atoms with Gasteiger partial charge in [0.25, 0.3) is 5.91 Å². The average molecular weight is 507 g/mol. The summed E-state index contributed by atoms with van der Waals surface area (Å²) in [5, 5.41) is 1.26. The number of nitrogens with zero attached hydrogens (tertiary/aromatic N) is 4. The van der Waals surface area contributed by atoms with E-state index in [1.165, 1.54) is 29.3 Å². The van der Waals surface area contributed by atoms with Crippen molar-refractivity contribution in [1.82, 2.24) is 14.2 Å². The topological polar surface area (TPSA) is 56.8 Å². The van der Waals surface area contributed by atoms with Crippen LogP contribution in [0.3, 0.4) is 0 Å². The molecule has 2 atom stereocenters. The minimum Gasteiger partial charge on any atom is -0.353 e. The molecule has 7 heteroatoms. The highest BCUT2D eigenvalue weighted by atomic mass is 32.1. The van der Waals surface area contributed by atoms with Crippen molar-refractivity contribution in [2.45, 2.75) is 33.1 Å². The van der Waals surface area contributed by atoms with Crippen LogP contribution in [0.15, 0.2) is 48.5 Å². The fourth-order valence-corrected chi connectivity index (χ4v) is 6.40. The molecular weight excluding hydrogens is 468 g/mol. The molecule has 0 bridgehead atoms. The molecule has 1 aliphatic heterocycles. The van der Waals surface area contributed by atoms with Crippen LogP contribution >= 0.6 is 11.5 Å². The fourth-order valence-electron chi connectivity index (χ4n) is 5.60. The van der Waals surface area contributed by atoms with Gasteiger partial charge in [0.1, 0.15) is 5.82 Å². The van der Waals surface area contributed by atoms with E-state index in [-0.39, 0.29) is 5.91 Å². The third-order valence-corrected chi connectivity index (χ3v) is 8.33. The van der Waals surface area contributed by atoms with Gasteiger partial charge in [-0.15, -0.1) is 0 Å². The van der Waals surface area contributed by atoms with E-state index in [9.17, 15) is 9.59 Å². The lowest BCUT2D eigenvalue weighted by atomic mass is 9.94. The Bertz CT molecular complexity index is 1150. The zero-order valence-electron chi connectivity index (χ0n) is 21.7. The number of carbonyl (C=O) groups excluding carboxylic acids is 2. The fraction of sp³-hybridized carbons (Fsp3) is 0.483. The van der Waals surface area contributed by atoms with Gasteiger partial charge >= 0.3 is 0 Å². The van der Waals surface area contributed by atoms with Gasteiger partial charge < -0.3 is 9.80 Å². The second kappa shape index (κ2) is 12.5. The standard InChI is InChI=1S/C27H32N4O2S.C2H6/c1-29(27(33)23-10-3-2-7-22(23)19-32)17-20-8-6-9-21(20)18-30-13-15-31(16-14-30)26-24-11-4-5-12-25(24)34-28-26;1-2/h2-5,7,10-12,19-21H,6,8-9,13-18H2,1H3;1-2H3/t20-,21?;/m1./s1. The van der Waals surface area contributed by atoms with Crippen LogP contribution in [0, 0.1) is 11.8 Å². The summed E-state index contributed by atoms with van der Waals surface area (Å²) < 4.78 is 5.99. The number of benzene rings is 2. The van der Waals surface area contributed by atoms with Crippen molar-refractivity contribution < 1.29 is 9.59 Å². The maximum Gasteiger partial charge on any atom is 0.254 e. The molecule has 0 N–H and O–H groups in total. The van der Waals surface area contributed by atoms with Crippen LogP contribution in [0.25, 0.3) is 10.1 Å². The van der Waals surface area contributed by atoms with Crippen LogP contribution in [0.5, 0.6) is 0 Å². The predicted octanol–water partition coefficient (Wildman–Crippen LogP) is 5.45. The molecule has 1 unspecified atom stereocenters. The van der Waals surface area contributed by atoms with Gasteiger partial charge in [-0.3, -0.25) is 14.5 Å². The maximum absolute atomic E-state index is 13.0. The van der Waals surface area contributed by atoms with E-state index < -0.39 is 0 Å². The van der Waals surface area contributed by atoms with Crippen molar-refractivity contribution in [2.24, 2.45) is 11.8 Å². The number of amides is 1. The highest BCUT2D eigenvalue weighted by Gasteiger charge is 2.32. The van der Waals surface area contributed by atoms with Crippen LogP contribution < -0.4 is 4.90 Å². The summed E-state index contributed by atoms with van der Waals surface area (Å²) in [6.07, 6.45) is 4.40. The molecule has 36 heavy (non-hydrogen) atoms. The number of aldehydes is 1. The second-order valence-corrected chi connectivity index (χ2v) is 10.4. The third-order valence-electron chi connectivity index (χ3n) is 7.51. The minimum atomic E-state index is -0.0579. The van der Waals surface area contributed by atoms with Gasteiger partial charge in [-0.1, -0.05) is 50.6 Å². The van der Waals surface area contributed by atoms with Crippen molar-refractivity contribution in [3.63, 3.8) is 0 Å². The molecule has 2 fully saturated rings. The van der Waals surface area contributed by atoms with E-state index in [0.717, 1.165) is 51.4 Å². The summed E-state index contributed by atoms with van der Waals surface area (Å²) >= 11 is 1.59. The first kappa shape index (κ1) is 26.3. The number of hydrogen-bond acceptors (Lipinski definition) is 6. The number of fused-ring (bicyclic) bond motifs is 1. The van der Waals surface area contributed by atoms with Gasteiger partial charge in [-0.25, -0.2) is 0 Å². The zero-order chi connectivity index (χ0) is 25.5. The van der Waals surface area contributed by atoms with E-state index in [4.69, 9.17) is 4.37 Å². The summed E-state index contributed by atoms with van der Waals surface area (Å²) in [5.41, 5.74) is 0.966. The Labute approximate surface area is 219 Å². The van der Waals surface area contributed by atoms with E-state index >= 15 is 0 Å². The van der Waals surface area contributed by atoms with E-state index in [2.05, 4.69) is 34.1 Å². The Kier molecular flexibility index (Phi) is 9.10. The number of aromatic nitrogens is 1. The first-order valence-electron chi connectivity index (χ1n) is 13.3. The summed E-state index contributed by atoms with van der Waals surface area (Å²) in [6.45, 7) is 9.97. The molecular formula is C29H38N4O2S. The molecule has 1 saturated heterocycles. The molecule has 1 aliphatic carbocycles. The molecule has 2 heterocycles. The van der Waals surface area contributed by atoms with Gasteiger partial charge in [-0.2, -0.15) is 4.37 Å². The molecule has 1 saturated carbocycles. The van der Waals surface area contributed by atoms with Crippen LogP contribution in [-0.4, -0.2) is 72.7 Å². The van der Waals surface area contributed by atoms with Crippen molar-refractivity contribution in [2.75, 3.05) is 51.2 Å². The molecule has 3 aromatic rings. The minimum absolute atomic E-state index is 0.0579. The first-order valence-corrected chi connectivity index (χ1v) is 14.0. The Morgan fingerprint density at radius 1 is 1.03 bits per heavy atom. The van der Waals surface area contributed by atoms with Gasteiger partial charge in [0, 0.05) is 57.3 Å². The van der Waals surface area contributed by atoms with Crippen LogP contribution in [0.1, 0.15) is 53.8 Å². The molecule has 1 amide bonds. The average Bonchev–Trinajstić information content (AvgIpc) is 3.56. The SMILES string of the molecule is CC.CN(C[C@H]1CCCC1CN1CCN(c2nsc3ccccc23)CC1)C(=O)c1ccccc1C=O.